The second-order valence-corrected chi connectivity index (χ2v) is 7.71. The number of rotatable bonds is 6. The Labute approximate surface area is 184 Å². The standard InChI is InChI=1S/C22H21N3O5S/c1-29-18-11-14(20-19-15(23-22(31)24-20)8-5-9-17(19)26)10-16(25(27)28)21(18)30-12-13-6-3-2-4-7-13/h2-4,6-7,10-11,20H,5,8-9,12H2,1H3,(H2,23,24,31). The van der Waals surface area contributed by atoms with Crippen LogP contribution in [-0.4, -0.2) is 22.9 Å². The fourth-order valence-corrected chi connectivity index (χ4v) is 4.13. The van der Waals surface area contributed by atoms with E-state index in [0.717, 1.165) is 17.7 Å². The lowest BCUT2D eigenvalue weighted by Crippen LogP contribution is -2.46. The Hall–Kier alpha value is -3.46. The van der Waals surface area contributed by atoms with E-state index in [1.54, 1.807) is 6.07 Å². The van der Waals surface area contributed by atoms with E-state index in [4.69, 9.17) is 21.7 Å². The van der Waals surface area contributed by atoms with Crippen molar-refractivity contribution in [3.8, 4) is 11.5 Å². The summed E-state index contributed by atoms with van der Waals surface area (Å²) < 4.78 is 11.2. The molecule has 1 unspecified atom stereocenters. The van der Waals surface area contributed by atoms with Gasteiger partial charge in [0.05, 0.1) is 18.1 Å². The van der Waals surface area contributed by atoms with Gasteiger partial charge in [0.1, 0.15) is 6.61 Å². The van der Waals surface area contributed by atoms with E-state index < -0.39 is 11.0 Å². The number of ether oxygens (including phenoxy) is 2. The molecular formula is C22H21N3O5S. The number of nitrogens with zero attached hydrogens (tertiary/aromatic N) is 1. The number of thiocarbonyl (C=S) groups is 1. The molecule has 0 amide bonds. The lowest BCUT2D eigenvalue weighted by molar-refractivity contribution is -0.386. The zero-order chi connectivity index (χ0) is 22.0. The Morgan fingerprint density at radius 1 is 1.23 bits per heavy atom. The summed E-state index contributed by atoms with van der Waals surface area (Å²) in [4.78, 5) is 24.0. The zero-order valence-corrected chi connectivity index (χ0v) is 17.7. The van der Waals surface area contributed by atoms with Crippen molar-refractivity contribution in [2.45, 2.75) is 31.9 Å². The Balaban J connectivity index is 1.75. The van der Waals surface area contributed by atoms with Crippen molar-refractivity contribution < 1.29 is 19.2 Å². The molecule has 2 aromatic carbocycles. The van der Waals surface area contributed by atoms with Gasteiger partial charge in [-0.2, -0.15) is 0 Å². The Bertz CT molecular complexity index is 1080. The highest BCUT2D eigenvalue weighted by molar-refractivity contribution is 7.80. The SMILES string of the molecule is COc1cc(C2NC(=S)NC3=C2C(=O)CCC3)cc([N+](=O)[O-])c1OCc1ccccc1. The summed E-state index contributed by atoms with van der Waals surface area (Å²) in [5.74, 6) is 0.261. The molecule has 0 aromatic heterocycles. The van der Waals surface area contributed by atoms with Crippen LogP contribution in [0.5, 0.6) is 11.5 Å². The number of benzene rings is 2. The van der Waals surface area contributed by atoms with E-state index >= 15 is 0 Å². The van der Waals surface area contributed by atoms with Crippen LogP contribution >= 0.6 is 12.2 Å². The first-order valence-electron chi connectivity index (χ1n) is 9.84. The molecule has 0 bridgehead atoms. The number of methoxy groups -OCH3 is 1. The Morgan fingerprint density at radius 3 is 2.71 bits per heavy atom. The van der Waals surface area contributed by atoms with Crippen LogP contribution in [0.15, 0.2) is 53.7 Å². The molecule has 160 valence electrons. The van der Waals surface area contributed by atoms with E-state index in [9.17, 15) is 14.9 Å². The van der Waals surface area contributed by atoms with Crippen LogP contribution in [0.25, 0.3) is 0 Å². The minimum atomic E-state index is -0.590. The fourth-order valence-electron chi connectivity index (χ4n) is 3.89. The van der Waals surface area contributed by atoms with Crippen molar-refractivity contribution >= 4 is 28.8 Å². The molecule has 2 N–H and O–H groups in total. The quantitative estimate of drug-likeness (QED) is 0.399. The maximum atomic E-state index is 12.6. The van der Waals surface area contributed by atoms with Gasteiger partial charge in [0.15, 0.2) is 16.6 Å². The predicted molar refractivity (Wildman–Crippen MR) is 118 cm³/mol. The third kappa shape index (κ3) is 4.22. The maximum absolute atomic E-state index is 12.6. The van der Waals surface area contributed by atoms with Crippen LogP contribution in [0.1, 0.15) is 36.4 Å². The average molecular weight is 439 g/mol. The summed E-state index contributed by atoms with van der Waals surface area (Å²) in [5, 5.41) is 18.4. The summed E-state index contributed by atoms with van der Waals surface area (Å²) in [5.41, 5.74) is 2.49. The van der Waals surface area contributed by atoms with Crippen molar-refractivity contribution in [1.29, 1.82) is 0 Å². The maximum Gasteiger partial charge on any atom is 0.315 e. The van der Waals surface area contributed by atoms with Gasteiger partial charge in [-0.05, 0) is 42.3 Å². The van der Waals surface area contributed by atoms with Gasteiger partial charge in [0, 0.05) is 23.8 Å². The van der Waals surface area contributed by atoms with Crippen LogP contribution in [0.2, 0.25) is 0 Å². The monoisotopic (exact) mass is 439 g/mol. The summed E-state index contributed by atoms with van der Waals surface area (Å²) >= 11 is 5.30. The molecule has 4 rings (SSSR count). The first kappa shape index (κ1) is 20.8. The number of nitro groups is 1. The zero-order valence-electron chi connectivity index (χ0n) is 16.8. The molecule has 1 atom stereocenters. The third-order valence-electron chi connectivity index (χ3n) is 5.32. The van der Waals surface area contributed by atoms with Crippen molar-refractivity contribution in [2.75, 3.05) is 7.11 Å². The van der Waals surface area contributed by atoms with Gasteiger partial charge in [-0.1, -0.05) is 30.3 Å². The molecule has 2 aromatic rings. The van der Waals surface area contributed by atoms with Crippen LogP contribution < -0.4 is 20.1 Å². The van der Waals surface area contributed by atoms with E-state index in [2.05, 4.69) is 10.6 Å². The molecule has 31 heavy (non-hydrogen) atoms. The highest BCUT2D eigenvalue weighted by atomic mass is 32.1. The number of nitro benzene ring substituents is 1. The van der Waals surface area contributed by atoms with E-state index in [1.807, 2.05) is 30.3 Å². The largest absolute Gasteiger partial charge is 0.493 e. The van der Waals surface area contributed by atoms with Crippen LogP contribution in [0.3, 0.4) is 0 Å². The molecule has 0 saturated carbocycles. The number of Topliss-reactive ketones (excluding diaryl/α,β-unsaturated/α-hetero) is 1. The van der Waals surface area contributed by atoms with Crippen molar-refractivity contribution in [3.05, 3.63) is 75.0 Å². The molecule has 0 spiro atoms. The summed E-state index contributed by atoms with van der Waals surface area (Å²) in [6.45, 7) is 0.154. The summed E-state index contributed by atoms with van der Waals surface area (Å²) in [7, 11) is 1.43. The van der Waals surface area contributed by atoms with Gasteiger partial charge in [0.25, 0.3) is 0 Å². The molecule has 8 nitrogen and oxygen atoms in total. The Morgan fingerprint density at radius 2 is 2.00 bits per heavy atom. The highest BCUT2D eigenvalue weighted by Gasteiger charge is 2.35. The minimum absolute atomic E-state index is 0.000209. The van der Waals surface area contributed by atoms with Crippen molar-refractivity contribution in [2.24, 2.45) is 0 Å². The van der Waals surface area contributed by atoms with Crippen molar-refractivity contribution in [3.63, 3.8) is 0 Å². The molecule has 0 radical (unpaired) electrons. The number of hydrogen-bond acceptors (Lipinski definition) is 6. The number of carbonyl (C=O) groups excluding carboxylic acids is 1. The molecular weight excluding hydrogens is 418 g/mol. The first-order valence-corrected chi connectivity index (χ1v) is 10.3. The van der Waals surface area contributed by atoms with Gasteiger partial charge in [-0.3, -0.25) is 14.9 Å². The minimum Gasteiger partial charge on any atom is -0.493 e. The number of hydrogen-bond donors (Lipinski definition) is 2. The van der Waals surface area contributed by atoms with Crippen LogP contribution in [0, 0.1) is 10.1 Å². The van der Waals surface area contributed by atoms with Crippen LogP contribution in [0.4, 0.5) is 5.69 Å². The van der Waals surface area contributed by atoms with Gasteiger partial charge < -0.3 is 20.1 Å². The third-order valence-corrected chi connectivity index (χ3v) is 5.54. The second kappa shape index (κ2) is 8.73. The van der Waals surface area contributed by atoms with E-state index in [0.29, 0.717) is 29.1 Å². The molecule has 0 saturated heterocycles. The Kier molecular flexibility index (Phi) is 5.85. The van der Waals surface area contributed by atoms with Gasteiger partial charge in [0.2, 0.25) is 5.75 Å². The smallest absolute Gasteiger partial charge is 0.315 e. The second-order valence-electron chi connectivity index (χ2n) is 7.30. The summed E-state index contributed by atoms with van der Waals surface area (Å²) in [6, 6.07) is 11.8. The summed E-state index contributed by atoms with van der Waals surface area (Å²) in [6.07, 6.45) is 1.88. The lowest BCUT2D eigenvalue weighted by Gasteiger charge is -2.33. The number of carbonyl (C=O) groups is 1. The van der Waals surface area contributed by atoms with Gasteiger partial charge in [-0.25, -0.2) is 0 Å². The number of allylic oxidation sites excluding steroid dienone is 1. The molecule has 1 aliphatic heterocycles. The first-order chi connectivity index (χ1) is 15.0. The molecule has 9 heteroatoms. The normalized spacial score (nSPS) is 18.0. The van der Waals surface area contributed by atoms with E-state index in [1.165, 1.54) is 13.2 Å². The molecule has 1 aliphatic carbocycles. The predicted octanol–water partition coefficient (Wildman–Crippen LogP) is 3.71. The lowest BCUT2D eigenvalue weighted by atomic mass is 9.85. The van der Waals surface area contributed by atoms with E-state index in [-0.39, 0.29) is 29.6 Å². The topological polar surface area (TPSA) is 103 Å². The molecule has 2 aliphatic rings. The van der Waals surface area contributed by atoms with Crippen LogP contribution in [-0.2, 0) is 11.4 Å². The molecule has 1 heterocycles. The number of nitrogens with one attached hydrogen (secondary N) is 2. The average Bonchev–Trinajstić information content (AvgIpc) is 2.77. The molecule has 0 fully saturated rings. The fraction of sp³-hybridized carbons (Fsp3) is 0.273. The van der Waals surface area contributed by atoms with Gasteiger partial charge in [-0.15, -0.1) is 0 Å². The van der Waals surface area contributed by atoms with Crippen molar-refractivity contribution in [1.82, 2.24) is 10.6 Å². The van der Waals surface area contributed by atoms with Gasteiger partial charge >= 0.3 is 5.69 Å². The number of ketones is 1. The highest BCUT2D eigenvalue weighted by Crippen LogP contribution is 2.43.